The fourth-order valence-corrected chi connectivity index (χ4v) is 3.40. The zero-order chi connectivity index (χ0) is 18.5. The van der Waals surface area contributed by atoms with Crippen molar-refractivity contribution in [1.29, 1.82) is 0 Å². The summed E-state index contributed by atoms with van der Waals surface area (Å²) in [6, 6.07) is 16.6. The maximum absolute atomic E-state index is 12.3. The van der Waals surface area contributed by atoms with Crippen LogP contribution >= 0.6 is 0 Å². The van der Waals surface area contributed by atoms with E-state index in [9.17, 15) is 4.79 Å². The highest BCUT2D eigenvalue weighted by atomic mass is 16.6. The first kappa shape index (κ1) is 18.4. The van der Waals surface area contributed by atoms with Crippen molar-refractivity contribution in [2.75, 3.05) is 46.9 Å². The maximum atomic E-state index is 12.3. The summed E-state index contributed by atoms with van der Waals surface area (Å²) in [6.45, 7) is 2.31. The van der Waals surface area contributed by atoms with Crippen LogP contribution in [0, 0.1) is 0 Å². The fraction of sp³-hybridized carbons (Fsp3) is 0.381. The lowest BCUT2D eigenvalue weighted by Gasteiger charge is -2.22. The summed E-state index contributed by atoms with van der Waals surface area (Å²) in [5.74, 6) is 0.0804. The van der Waals surface area contributed by atoms with E-state index >= 15 is 0 Å². The van der Waals surface area contributed by atoms with Gasteiger partial charge in [-0.25, -0.2) is 4.79 Å². The monoisotopic (exact) mass is 354 g/mol. The van der Waals surface area contributed by atoms with Crippen molar-refractivity contribution in [3.05, 3.63) is 59.7 Å². The maximum Gasteiger partial charge on any atom is 0.409 e. The minimum absolute atomic E-state index is 0.0804. The lowest BCUT2D eigenvalue weighted by molar-refractivity contribution is 0.104. The molecule has 26 heavy (non-hydrogen) atoms. The van der Waals surface area contributed by atoms with E-state index in [-0.39, 0.29) is 18.6 Å². The summed E-state index contributed by atoms with van der Waals surface area (Å²) < 4.78 is 5.61. The second-order valence-corrected chi connectivity index (χ2v) is 6.75. The Balaban J connectivity index is 1.62. The van der Waals surface area contributed by atoms with Gasteiger partial charge in [-0.3, -0.25) is 0 Å². The molecule has 0 fully saturated rings. The van der Waals surface area contributed by atoms with E-state index < -0.39 is 0 Å². The van der Waals surface area contributed by atoms with Crippen LogP contribution in [0.5, 0.6) is 0 Å². The van der Waals surface area contributed by atoms with Crippen molar-refractivity contribution in [2.24, 2.45) is 0 Å². The van der Waals surface area contributed by atoms with Gasteiger partial charge in [0.1, 0.15) is 6.61 Å². The van der Waals surface area contributed by atoms with Crippen LogP contribution in [-0.2, 0) is 4.74 Å². The average Bonchev–Trinajstić information content (AvgIpc) is 2.98. The number of carbonyl (C=O) groups excluding carboxylic acids is 1. The Bertz CT molecular complexity index is 717. The number of hydrogen-bond acceptors (Lipinski definition) is 4. The van der Waals surface area contributed by atoms with Gasteiger partial charge in [-0.2, -0.15) is 0 Å². The molecule has 0 atom stereocenters. The van der Waals surface area contributed by atoms with Gasteiger partial charge < -0.3 is 19.6 Å². The third kappa shape index (κ3) is 3.89. The first-order chi connectivity index (χ1) is 12.6. The Kier molecular flexibility index (Phi) is 5.91. The van der Waals surface area contributed by atoms with Gasteiger partial charge in [0.15, 0.2) is 0 Å². The standard InChI is InChI=1S/C21H26N2O3/c1-22(13-14-24)11-12-23(2)21(25)26-15-20-18-9-5-3-7-16(18)17-8-4-6-10-19(17)20/h3-10,20,24H,11-15H2,1-2H3. The summed E-state index contributed by atoms with van der Waals surface area (Å²) in [6.07, 6.45) is -0.315. The number of aliphatic hydroxyl groups excluding tert-OH is 1. The van der Waals surface area contributed by atoms with Crippen molar-refractivity contribution < 1.29 is 14.6 Å². The van der Waals surface area contributed by atoms with Crippen molar-refractivity contribution in [2.45, 2.75) is 5.92 Å². The molecule has 1 aliphatic carbocycles. The molecule has 1 aliphatic rings. The first-order valence-corrected chi connectivity index (χ1v) is 8.97. The third-order valence-corrected chi connectivity index (χ3v) is 4.95. The Hall–Kier alpha value is -2.37. The number of carbonyl (C=O) groups is 1. The average molecular weight is 354 g/mol. The molecule has 2 aromatic carbocycles. The van der Waals surface area contributed by atoms with Crippen LogP contribution in [0.25, 0.3) is 11.1 Å². The molecule has 0 heterocycles. The van der Waals surface area contributed by atoms with Crippen LogP contribution in [0.15, 0.2) is 48.5 Å². The molecule has 3 rings (SSSR count). The molecule has 0 unspecified atom stereocenters. The van der Waals surface area contributed by atoms with Crippen LogP contribution in [0.4, 0.5) is 4.79 Å². The highest BCUT2D eigenvalue weighted by Gasteiger charge is 2.29. The highest BCUT2D eigenvalue weighted by Crippen LogP contribution is 2.44. The lowest BCUT2D eigenvalue weighted by atomic mass is 9.98. The van der Waals surface area contributed by atoms with Crippen LogP contribution in [-0.4, -0.2) is 67.9 Å². The zero-order valence-corrected chi connectivity index (χ0v) is 15.4. The fourth-order valence-electron chi connectivity index (χ4n) is 3.40. The van der Waals surface area contributed by atoms with Gasteiger partial charge in [0.25, 0.3) is 0 Å². The molecule has 2 aromatic rings. The summed E-state index contributed by atoms with van der Waals surface area (Å²) in [4.78, 5) is 15.9. The number of likely N-dealkylation sites (N-methyl/N-ethyl adjacent to an activating group) is 2. The van der Waals surface area contributed by atoms with E-state index in [4.69, 9.17) is 9.84 Å². The van der Waals surface area contributed by atoms with Crippen LogP contribution in [0.1, 0.15) is 17.0 Å². The predicted molar refractivity (Wildman–Crippen MR) is 102 cm³/mol. The summed E-state index contributed by atoms with van der Waals surface area (Å²) in [5.41, 5.74) is 4.88. The normalized spacial score (nSPS) is 12.8. The largest absolute Gasteiger partial charge is 0.448 e. The Morgan fingerprint density at radius 1 is 0.962 bits per heavy atom. The quantitative estimate of drug-likeness (QED) is 0.831. The summed E-state index contributed by atoms with van der Waals surface area (Å²) in [7, 11) is 3.66. The minimum atomic E-state index is -0.315. The van der Waals surface area contributed by atoms with Gasteiger partial charge in [-0.1, -0.05) is 48.5 Å². The molecular weight excluding hydrogens is 328 g/mol. The summed E-state index contributed by atoms with van der Waals surface area (Å²) >= 11 is 0. The van der Waals surface area contributed by atoms with Crippen LogP contribution in [0.3, 0.4) is 0 Å². The number of nitrogens with zero attached hydrogens (tertiary/aromatic N) is 2. The molecule has 0 saturated carbocycles. The molecule has 1 N–H and O–H groups in total. The van der Waals surface area contributed by atoms with E-state index in [0.29, 0.717) is 26.2 Å². The van der Waals surface area contributed by atoms with Crippen LogP contribution in [0.2, 0.25) is 0 Å². The molecule has 5 heteroatoms. The van der Waals surface area contributed by atoms with E-state index in [1.54, 1.807) is 11.9 Å². The topological polar surface area (TPSA) is 53.0 Å². The highest BCUT2D eigenvalue weighted by molar-refractivity contribution is 5.79. The summed E-state index contributed by atoms with van der Waals surface area (Å²) in [5, 5.41) is 8.93. The molecule has 0 saturated heterocycles. The van der Waals surface area contributed by atoms with Gasteiger partial charge in [-0.05, 0) is 29.3 Å². The van der Waals surface area contributed by atoms with E-state index in [2.05, 4.69) is 24.3 Å². The second kappa shape index (κ2) is 8.34. The van der Waals surface area contributed by atoms with Gasteiger partial charge in [0.2, 0.25) is 0 Å². The molecule has 0 aromatic heterocycles. The molecule has 138 valence electrons. The number of amides is 1. The van der Waals surface area contributed by atoms with Gasteiger partial charge in [0.05, 0.1) is 6.61 Å². The van der Waals surface area contributed by atoms with Gasteiger partial charge in [-0.15, -0.1) is 0 Å². The predicted octanol–water partition coefficient (Wildman–Crippen LogP) is 2.79. The number of aliphatic hydroxyl groups is 1. The molecular formula is C21H26N2O3. The molecule has 5 nitrogen and oxygen atoms in total. The Morgan fingerprint density at radius 3 is 2.12 bits per heavy atom. The number of ether oxygens (including phenoxy) is 1. The molecule has 0 bridgehead atoms. The number of rotatable bonds is 7. The molecule has 0 radical (unpaired) electrons. The molecule has 0 spiro atoms. The molecule has 0 aliphatic heterocycles. The Labute approximate surface area is 154 Å². The van der Waals surface area contributed by atoms with E-state index in [1.165, 1.54) is 22.3 Å². The first-order valence-electron chi connectivity index (χ1n) is 8.97. The number of fused-ring (bicyclic) bond motifs is 3. The van der Waals surface area contributed by atoms with Crippen molar-refractivity contribution in [3.8, 4) is 11.1 Å². The zero-order valence-electron chi connectivity index (χ0n) is 15.4. The third-order valence-electron chi connectivity index (χ3n) is 4.95. The number of benzene rings is 2. The lowest BCUT2D eigenvalue weighted by Crippen LogP contribution is -2.36. The van der Waals surface area contributed by atoms with Crippen molar-refractivity contribution in [1.82, 2.24) is 9.80 Å². The van der Waals surface area contributed by atoms with Gasteiger partial charge >= 0.3 is 6.09 Å². The minimum Gasteiger partial charge on any atom is -0.448 e. The van der Waals surface area contributed by atoms with Gasteiger partial charge in [0, 0.05) is 32.6 Å². The van der Waals surface area contributed by atoms with E-state index in [0.717, 1.165) is 0 Å². The second-order valence-electron chi connectivity index (χ2n) is 6.75. The number of hydrogen-bond donors (Lipinski definition) is 1. The smallest absolute Gasteiger partial charge is 0.409 e. The SMILES string of the molecule is CN(CCO)CCN(C)C(=O)OCC1c2ccccc2-c2ccccc21. The molecule has 1 amide bonds. The van der Waals surface area contributed by atoms with Crippen molar-refractivity contribution >= 4 is 6.09 Å². The van der Waals surface area contributed by atoms with Crippen molar-refractivity contribution in [3.63, 3.8) is 0 Å². The van der Waals surface area contributed by atoms with Crippen LogP contribution < -0.4 is 0 Å². The van der Waals surface area contributed by atoms with E-state index in [1.807, 2.05) is 36.2 Å². The Morgan fingerprint density at radius 2 is 1.54 bits per heavy atom.